The van der Waals surface area contributed by atoms with Crippen molar-refractivity contribution >= 4 is 5.91 Å². The lowest BCUT2D eigenvalue weighted by Gasteiger charge is -2.25. The SMILES string of the molecule is COc1ccc(-n2nc(C(=O)N3CCOCC3)cc2-c2ccc(CN)cn2)nn1. The molecule has 0 aliphatic carbocycles. The van der Waals surface area contributed by atoms with Gasteiger partial charge in [0.05, 0.1) is 31.7 Å². The first-order chi connectivity index (χ1) is 14.2. The number of methoxy groups -OCH3 is 1. The standard InChI is InChI=1S/C19H21N7O3/c1-28-18-5-4-17(22-23-18)26-16(14-3-2-13(11-20)12-21-14)10-15(24-26)19(27)25-6-8-29-9-7-25/h2-5,10,12H,6-9,11,20H2,1H3. The van der Waals surface area contributed by atoms with Gasteiger partial charge in [-0.25, -0.2) is 4.68 Å². The van der Waals surface area contributed by atoms with Gasteiger partial charge in [0.2, 0.25) is 5.88 Å². The van der Waals surface area contributed by atoms with Crippen LogP contribution in [0, 0.1) is 0 Å². The molecule has 1 saturated heterocycles. The van der Waals surface area contributed by atoms with E-state index in [-0.39, 0.29) is 5.91 Å². The Labute approximate surface area is 167 Å². The fraction of sp³-hybridized carbons (Fsp3) is 0.316. The lowest BCUT2D eigenvalue weighted by Crippen LogP contribution is -2.40. The summed E-state index contributed by atoms with van der Waals surface area (Å²) in [6, 6.07) is 8.86. The summed E-state index contributed by atoms with van der Waals surface area (Å²) in [6.45, 7) is 2.51. The van der Waals surface area contributed by atoms with Crippen LogP contribution in [0.1, 0.15) is 16.1 Å². The van der Waals surface area contributed by atoms with E-state index in [1.807, 2.05) is 12.1 Å². The van der Waals surface area contributed by atoms with Gasteiger partial charge in [0.25, 0.3) is 5.91 Å². The van der Waals surface area contributed by atoms with Crippen LogP contribution in [0.5, 0.6) is 5.88 Å². The van der Waals surface area contributed by atoms with Gasteiger partial charge in [0, 0.05) is 31.9 Å². The summed E-state index contributed by atoms with van der Waals surface area (Å²) in [5.41, 5.74) is 8.16. The van der Waals surface area contributed by atoms with Crippen LogP contribution in [0.3, 0.4) is 0 Å². The highest BCUT2D eigenvalue weighted by molar-refractivity contribution is 5.93. The van der Waals surface area contributed by atoms with E-state index >= 15 is 0 Å². The third-order valence-electron chi connectivity index (χ3n) is 4.60. The number of hydrogen-bond donors (Lipinski definition) is 1. The Hall–Kier alpha value is -3.37. The molecule has 0 unspecified atom stereocenters. The molecule has 2 N–H and O–H groups in total. The molecule has 0 spiro atoms. The van der Waals surface area contributed by atoms with Crippen molar-refractivity contribution in [2.24, 2.45) is 5.73 Å². The molecule has 4 heterocycles. The van der Waals surface area contributed by atoms with E-state index in [0.717, 1.165) is 5.56 Å². The van der Waals surface area contributed by atoms with Crippen molar-refractivity contribution < 1.29 is 14.3 Å². The van der Waals surface area contributed by atoms with Crippen molar-refractivity contribution in [1.29, 1.82) is 0 Å². The van der Waals surface area contributed by atoms with Gasteiger partial charge in [0.1, 0.15) is 0 Å². The second kappa shape index (κ2) is 8.33. The number of carbonyl (C=O) groups is 1. The summed E-state index contributed by atoms with van der Waals surface area (Å²) in [5.74, 6) is 0.678. The Bertz CT molecular complexity index is 915. The van der Waals surface area contributed by atoms with Gasteiger partial charge in [-0.15, -0.1) is 10.2 Å². The third-order valence-corrected chi connectivity index (χ3v) is 4.60. The smallest absolute Gasteiger partial charge is 0.274 e. The normalized spacial score (nSPS) is 14.1. The number of pyridine rings is 1. The summed E-state index contributed by atoms with van der Waals surface area (Å²) in [7, 11) is 1.52. The summed E-state index contributed by atoms with van der Waals surface area (Å²) >= 11 is 0. The Morgan fingerprint density at radius 3 is 2.66 bits per heavy atom. The van der Waals surface area contributed by atoms with Crippen LogP contribution in [-0.4, -0.2) is 69.2 Å². The van der Waals surface area contributed by atoms with Crippen LogP contribution >= 0.6 is 0 Å². The van der Waals surface area contributed by atoms with Gasteiger partial charge >= 0.3 is 0 Å². The summed E-state index contributed by atoms with van der Waals surface area (Å²) in [5, 5.41) is 12.7. The third kappa shape index (κ3) is 3.93. The molecule has 150 valence electrons. The second-order valence-corrected chi connectivity index (χ2v) is 6.42. The molecule has 0 radical (unpaired) electrons. The molecule has 1 amide bonds. The number of nitrogens with zero attached hydrogens (tertiary/aromatic N) is 6. The van der Waals surface area contributed by atoms with Crippen molar-refractivity contribution in [2.45, 2.75) is 6.54 Å². The molecule has 0 saturated carbocycles. The number of amides is 1. The van der Waals surface area contributed by atoms with Gasteiger partial charge in [0.15, 0.2) is 11.5 Å². The first-order valence-corrected chi connectivity index (χ1v) is 9.20. The van der Waals surface area contributed by atoms with Crippen LogP contribution in [-0.2, 0) is 11.3 Å². The summed E-state index contributed by atoms with van der Waals surface area (Å²) < 4.78 is 12.0. The van der Waals surface area contributed by atoms with Crippen LogP contribution in [0.4, 0.5) is 0 Å². The molecule has 1 aliphatic rings. The highest BCUT2D eigenvalue weighted by atomic mass is 16.5. The molecule has 1 fully saturated rings. The maximum atomic E-state index is 12.9. The van der Waals surface area contributed by atoms with E-state index < -0.39 is 0 Å². The molecule has 10 heteroatoms. The average Bonchev–Trinajstić information content (AvgIpc) is 3.24. The van der Waals surface area contributed by atoms with Crippen LogP contribution in [0.25, 0.3) is 17.2 Å². The Kier molecular flexibility index (Phi) is 5.45. The molecular weight excluding hydrogens is 374 g/mol. The summed E-state index contributed by atoms with van der Waals surface area (Å²) in [6.07, 6.45) is 1.70. The van der Waals surface area contributed by atoms with E-state index in [0.29, 0.717) is 61.6 Å². The zero-order valence-electron chi connectivity index (χ0n) is 16.0. The maximum absolute atomic E-state index is 12.9. The molecule has 0 aromatic carbocycles. The molecule has 3 aromatic heterocycles. The van der Waals surface area contributed by atoms with Gasteiger partial charge in [-0.1, -0.05) is 6.07 Å². The monoisotopic (exact) mass is 395 g/mol. The second-order valence-electron chi connectivity index (χ2n) is 6.42. The minimum Gasteiger partial charge on any atom is -0.480 e. The Balaban J connectivity index is 1.75. The molecule has 4 rings (SSSR count). The maximum Gasteiger partial charge on any atom is 0.274 e. The Morgan fingerprint density at radius 1 is 1.21 bits per heavy atom. The zero-order valence-corrected chi connectivity index (χ0v) is 16.0. The predicted molar refractivity (Wildman–Crippen MR) is 104 cm³/mol. The highest BCUT2D eigenvalue weighted by Crippen LogP contribution is 2.23. The number of morpholine rings is 1. The zero-order chi connectivity index (χ0) is 20.2. The lowest BCUT2D eigenvalue weighted by atomic mass is 10.2. The quantitative estimate of drug-likeness (QED) is 0.669. The van der Waals surface area contributed by atoms with E-state index in [4.69, 9.17) is 15.2 Å². The summed E-state index contributed by atoms with van der Waals surface area (Å²) in [4.78, 5) is 19.1. The van der Waals surface area contributed by atoms with E-state index in [2.05, 4.69) is 20.3 Å². The highest BCUT2D eigenvalue weighted by Gasteiger charge is 2.24. The molecule has 1 aliphatic heterocycles. The first kappa shape index (κ1) is 19.0. The minimum atomic E-state index is -0.159. The van der Waals surface area contributed by atoms with E-state index in [1.165, 1.54) is 7.11 Å². The fourth-order valence-electron chi connectivity index (χ4n) is 3.00. The van der Waals surface area contributed by atoms with Crippen molar-refractivity contribution in [3.8, 4) is 23.1 Å². The lowest BCUT2D eigenvalue weighted by molar-refractivity contribution is 0.0298. The van der Waals surface area contributed by atoms with Gasteiger partial charge in [-0.05, 0) is 23.8 Å². The molecule has 10 nitrogen and oxygen atoms in total. The largest absolute Gasteiger partial charge is 0.480 e. The van der Waals surface area contributed by atoms with Gasteiger partial charge in [-0.2, -0.15) is 5.10 Å². The fourth-order valence-corrected chi connectivity index (χ4v) is 3.00. The van der Waals surface area contributed by atoms with Crippen molar-refractivity contribution in [3.63, 3.8) is 0 Å². The molecule has 29 heavy (non-hydrogen) atoms. The number of ether oxygens (including phenoxy) is 2. The van der Waals surface area contributed by atoms with Gasteiger partial charge < -0.3 is 20.1 Å². The Morgan fingerprint density at radius 2 is 2.03 bits per heavy atom. The number of nitrogens with two attached hydrogens (primary N) is 1. The average molecular weight is 395 g/mol. The molecule has 3 aromatic rings. The number of carbonyl (C=O) groups excluding carboxylic acids is 1. The first-order valence-electron chi connectivity index (χ1n) is 9.20. The predicted octanol–water partition coefficient (Wildman–Crippen LogP) is 0.664. The molecule has 0 atom stereocenters. The topological polar surface area (TPSA) is 121 Å². The van der Waals surface area contributed by atoms with Crippen LogP contribution < -0.4 is 10.5 Å². The van der Waals surface area contributed by atoms with E-state index in [1.54, 1.807) is 34.0 Å². The van der Waals surface area contributed by atoms with Crippen LogP contribution in [0.15, 0.2) is 36.5 Å². The van der Waals surface area contributed by atoms with Crippen molar-refractivity contribution in [3.05, 3.63) is 47.8 Å². The molecular formula is C19H21N7O3. The number of aromatic nitrogens is 5. The van der Waals surface area contributed by atoms with Crippen molar-refractivity contribution in [2.75, 3.05) is 33.4 Å². The van der Waals surface area contributed by atoms with Crippen molar-refractivity contribution in [1.82, 2.24) is 29.9 Å². The van der Waals surface area contributed by atoms with Crippen LogP contribution in [0.2, 0.25) is 0 Å². The van der Waals surface area contributed by atoms with Gasteiger partial charge in [-0.3, -0.25) is 9.78 Å². The number of rotatable bonds is 5. The van der Waals surface area contributed by atoms with E-state index in [9.17, 15) is 4.79 Å². The molecule has 0 bridgehead atoms. The number of hydrogen-bond acceptors (Lipinski definition) is 8. The minimum absolute atomic E-state index is 0.159.